The molecule has 22 heavy (non-hydrogen) atoms. The van der Waals surface area contributed by atoms with Crippen molar-refractivity contribution in [2.45, 2.75) is 39.0 Å². The molecule has 0 radical (unpaired) electrons. The van der Waals surface area contributed by atoms with E-state index < -0.39 is 0 Å². The van der Waals surface area contributed by atoms with Crippen LogP contribution in [0.25, 0.3) is 0 Å². The van der Waals surface area contributed by atoms with Crippen molar-refractivity contribution in [3.05, 3.63) is 34.8 Å². The van der Waals surface area contributed by atoms with Crippen LogP contribution in [0, 0.1) is 0 Å². The molecule has 120 valence electrons. The number of benzene rings is 1. The third-order valence-corrected chi connectivity index (χ3v) is 3.95. The van der Waals surface area contributed by atoms with E-state index in [1.807, 2.05) is 12.1 Å². The Morgan fingerprint density at radius 2 is 1.95 bits per heavy atom. The molecule has 0 bridgehead atoms. The van der Waals surface area contributed by atoms with Gasteiger partial charge in [0.05, 0.1) is 6.42 Å². The Bertz CT molecular complexity index is 585. The van der Waals surface area contributed by atoms with Gasteiger partial charge in [-0.25, -0.2) is 0 Å². The summed E-state index contributed by atoms with van der Waals surface area (Å²) in [4.78, 5) is 11.9. The third kappa shape index (κ3) is 5.99. The van der Waals surface area contributed by atoms with Gasteiger partial charge < -0.3 is 11.1 Å². The number of nitrogens with one attached hydrogen (secondary N) is 1. The molecule has 0 saturated heterocycles. The number of nitrogens with two attached hydrogens (primary N) is 1. The molecule has 0 aliphatic heterocycles. The Labute approximate surface area is 140 Å². The third-order valence-electron chi connectivity index (χ3n) is 3.05. The van der Waals surface area contributed by atoms with Gasteiger partial charge in [0.2, 0.25) is 11.0 Å². The van der Waals surface area contributed by atoms with Crippen LogP contribution in [0.15, 0.2) is 24.3 Å². The van der Waals surface area contributed by atoms with E-state index in [0.29, 0.717) is 17.2 Å². The zero-order chi connectivity index (χ0) is 15.1. The number of carbonyl (C=O) groups excluding carboxylic acids is 1. The van der Waals surface area contributed by atoms with Crippen molar-refractivity contribution in [2.24, 2.45) is 0 Å². The van der Waals surface area contributed by atoms with Gasteiger partial charge in [-0.05, 0) is 24.1 Å². The maximum absolute atomic E-state index is 11.9. The lowest BCUT2D eigenvalue weighted by atomic mass is 10.1. The van der Waals surface area contributed by atoms with Gasteiger partial charge >= 0.3 is 0 Å². The maximum Gasteiger partial charge on any atom is 0.230 e. The first-order valence-electron chi connectivity index (χ1n) is 7.14. The first kappa shape index (κ1) is 18.4. The number of carbonyl (C=O) groups is 1. The Balaban J connectivity index is 0.00000242. The molecule has 0 unspecified atom stereocenters. The number of hydrogen-bond acceptors (Lipinski definition) is 5. The predicted octanol–water partition coefficient (Wildman–Crippen LogP) is 3.46. The van der Waals surface area contributed by atoms with Gasteiger partial charge in [0, 0.05) is 12.1 Å². The van der Waals surface area contributed by atoms with E-state index in [4.69, 9.17) is 5.73 Å². The Morgan fingerprint density at radius 3 is 2.64 bits per heavy atom. The molecule has 1 aromatic carbocycles. The van der Waals surface area contributed by atoms with E-state index >= 15 is 0 Å². The second kappa shape index (κ2) is 9.38. The number of nitrogen functional groups attached to an aromatic ring is 1. The number of rotatable bonds is 7. The number of amides is 1. The topological polar surface area (TPSA) is 80.9 Å². The zero-order valence-corrected chi connectivity index (χ0v) is 14.2. The minimum absolute atomic E-state index is 0. The summed E-state index contributed by atoms with van der Waals surface area (Å²) in [5.41, 5.74) is 7.24. The Morgan fingerprint density at radius 1 is 1.23 bits per heavy atom. The van der Waals surface area contributed by atoms with Crippen LogP contribution in [0.5, 0.6) is 0 Å². The van der Waals surface area contributed by atoms with Crippen molar-refractivity contribution < 1.29 is 4.79 Å². The van der Waals surface area contributed by atoms with Crippen LogP contribution in [0.2, 0.25) is 0 Å². The van der Waals surface area contributed by atoms with E-state index in [1.54, 1.807) is 12.1 Å². The minimum atomic E-state index is -0.0870. The van der Waals surface area contributed by atoms with E-state index in [2.05, 4.69) is 22.4 Å². The molecule has 1 amide bonds. The van der Waals surface area contributed by atoms with Crippen LogP contribution in [0.3, 0.4) is 0 Å². The molecule has 1 aromatic heterocycles. The lowest BCUT2D eigenvalue weighted by Gasteiger charge is -2.02. The SMILES string of the molecule is CCCCCc1nnc(NC(=O)Cc2ccc(N)cc2)s1.Cl. The molecule has 7 heteroatoms. The van der Waals surface area contributed by atoms with E-state index in [0.717, 1.165) is 23.4 Å². The maximum atomic E-state index is 11.9. The number of anilines is 2. The first-order chi connectivity index (χ1) is 10.2. The van der Waals surface area contributed by atoms with E-state index in [9.17, 15) is 4.79 Å². The summed E-state index contributed by atoms with van der Waals surface area (Å²) < 4.78 is 0. The van der Waals surface area contributed by atoms with Crippen LogP contribution < -0.4 is 11.1 Å². The van der Waals surface area contributed by atoms with Gasteiger partial charge in [0.15, 0.2) is 0 Å². The molecule has 2 rings (SSSR count). The number of aromatic nitrogens is 2. The van der Waals surface area contributed by atoms with Crippen LogP contribution >= 0.6 is 23.7 Å². The molecule has 0 aliphatic rings. The van der Waals surface area contributed by atoms with E-state index in [1.165, 1.54) is 24.2 Å². The van der Waals surface area contributed by atoms with E-state index in [-0.39, 0.29) is 18.3 Å². The molecular formula is C15H21ClN4OS. The molecule has 0 saturated carbocycles. The predicted molar refractivity (Wildman–Crippen MR) is 93.6 cm³/mol. The largest absolute Gasteiger partial charge is 0.399 e. The number of unbranched alkanes of at least 4 members (excludes halogenated alkanes) is 2. The second-order valence-corrected chi connectivity index (χ2v) is 5.99. The second-order valence-electron chi connectivity index (χ2n) is 4.92. The molecule has 0 aliphatic carbocycles. The summed E-state index contributed by atoms with van der Waals surface area (Å²) >= 11 is 1.45. The van der Waals surface area contributed by atoms with Crippen molar-refractivity contribution in [3.63, 3.8) is 0 Å². The highest BCUT2D eigenvalue weighted by atomic mass is 35.5. The van der Waals surface area contributed by atoms with Crippen LogP contribution in [0.4, 0.5) is 10.8 Å². The number of halogens is 1. The molecule has 0 spiro atoms. The standard InChI is InChI=1S/C15H20N4OS.ClH/c1-2-3-4-5-14-18-19-15(21-14)17-13(20)10-11-6-8-12(16)9-7-11;/h6-9H,2-5,10,16H2,1H3,(H,17,19,20);1H. The first-order valence-corrected chi connectivity index (χ1v) is 7.95. The summed E-state index contributed by atoms with van der Waals surface area (Å²) in [6.45, 7) is 2.17. The van der Waals surface area contributed by atoms with Crippen molar-refractivity contribution in [3.8, 4) is 0 Å². The lowest BCUT2D eigenvalue weighted by Crippen LogP contribution is -2.14. The molecule has 0 fully saturated rings. The quantitative estimate of drug-likeness (QED) is 0.597. The Hall–Kier alpha value is -1.66. The van der Waals surface area contributed by atoms with Crippen molar-refractivity contribution in [1.29, 1.82) is 0 Å². The van der Waals surface area contributed by atoms with Crippen LogP contribution in [-0.2, 0) is 17.6 Å². The average molecular weight is 341 g/mol. The summed E-state index contributed by atoms with van der Waals surface area (Å²) in [5.74, 6) is -0.0870. The monoisotopic (exact) mass is 340 g/mol. The minimum Gasteiger partial charge on any atom is -0.399 e. The molecule has 2 aromatic rings. The van der Waals surface area contributed by atoms with Crippen LogP contribution in [-0.4, -0.2) is 16.1 Å². The summed E-state index contributed by atoms with van der Waals surface area (Å²) in [6.07, 6.45) is 4.73. The highest BCUT2D eigenvalue weighted by Crippen LogP contribution is 2.18. The van der Waals surface area contributed by atoms with Gasteiger partial charge in [0.25, 0.3) is 0 Å². The normalized spacial score (nSPS) is 10.0. The fourth-order valence-electron chi connectivity index (χ4n) is 1.92. The van der Waals surface area contributed by atoms with Gasteiger partial charge in [-0.3, -0.25) is 4.79 Å². The summed E-state index contributed by atoms with van der Waals surface area (Å²) in [7, 11) is 0. The molecule has 3 N–H and O–H groups in total. The Kier molecular flexibility index (Phi) is 7.84. The van der Waals surface area contributed by atoms with Gasteiger partial charge in [0.1, 0.15) is 5.01 Å². The average Bonchev–Trinajstić information content (AvgIpc) is 2.89. The highest BCUT2D eigenvalue weighted by molar-refractivity contribution is 7.15. The fraction of sp³-hybridized carbons (Fsp3) is 0.400. The van der Waals surface area contributed by atoms with Crippen molar-refractivity contribution >= 4 is 40.5 Å². The summed E-state index contributed by atoms with van der Waals surface area (Å²) in [6, 6.07) is 7.29. The lowest BCUT2D eigenvalue weighted by molar-refractivity contribution is -0.115. The highest BCUT2D eigenvalue weighted by Gasteiger charge is 2.08. The molecule has 5 nitrogen and oxygen atoms in total. The van der Waals surface area contributed by atoms with Crippen LogP contribution in [0.1, 0.15) is 36.8 Å². The smallest absolute Gasteiger partial charge is 0.230 e. The summed E-state index contributed by atoms with van der Waals surface area (Å²) in [5, 5.41) is 12.4. The van der Waals surface area contributed by atoms with Crippen molar-refractivity contribution in [2.75, 3.05) is 11.1 Å². The number of hydrogen-bond donors (Lipinski definition) is 2. The number of aryl methyl sites for hydroxylation is 1. The van der Waals surface area contributed by atoms with Gasteiger partial charge in [-0.2, -0.15) is 0 Å². The van der Waals surface area contributed by atoms with Gasteiger partial charge in [-0.15, -0.1) is 22.6 Å². The molecule has 1 heterocycles. The molecule has 0 atom stereocenters. The number of nitrogens with zero attached hydrogens (tertiary/aromatic N) is 2. The fourth-order valence-corrected chi connectivity index (χ4v) is 2.71. The van der Waals surface area contributed by atoms with Gasteiger partial charge in [-0.1, -0.05) is 43.2 Å². The zero-order valence-electron chi connectivity index (χ0n) is 12.5. The molecular weight excluding hydrogens is 320 g/mol. The van der Waals surface area contributed by atoms with Crippen molar-refractivity contribution in [1.82, 2.24) is 10.2 Å².